The third kappa shape index (κ3) is 2.02. The molecule has 1 heterocycles. The molecule has 0 radical (unpaired) electrons. The Kier molecular flexibility index (Phi) is 2.88. The zero-order chi connectivity index (χ0) is 15.2. The monoisotopic (exact) mass is 286 g/mol. The lowest BCUT2D eigenvalue weighted by Crippen LogP contribution is -2.39. The first-order chi connectivity index (χ1) is 9.92. The summed E-state index contributed by atoms with van der Waals surface area (Å²) in [4.78, 5) is 12.3. The normalized spacial score (nSPS) is 20.8. The van der Waals surface area contributed by atoms with Gasteiger partial charge in [0.1, 0.15) is 22.8 Å². The predicted molar refractivity (Wildman–Crippen MR) is 74.4 cm³/mol. The number of carbonyl (C=O) groups is 1. The molecule has 1 aliphatic rings. The van der Waals surface area contributed by atoms with Crippen molar-refractivity contribution in [2.45, 2.75) is 19.1 Å². The van der Waals surface area contributed by atoms with E-state index in [4.69, 9.17) is 4.74 Å². The van der Waals surface area contributed by atoms with Crippen molar-refractivity contribution in [2.24, 2.45) is 0 Å². The molecule has 2 aromatic rings. The molecule has 5 nitrogen and oxygen atoms in total. The first kappa shape index (κ1) is 13.5. The summed E-state index contributed by atoms with van der Waals surface area (Å²) >= 11 is 0. The second-order valence-electron chi connectivity index (χ2n) is 5.09. The Morgan fingerprint density at radius 2 is 1.86 bits per heavy atom. The molecule has 0 saturated heterocycles. The number of ether oxygens (including phenoxy) is 1. The summed E-state index contributed by atoms with van der Waals surface area (Å²) in [6, 6.07) is 9.75. The van der Waals surface area contributed by atoms with Crippen molar-refractivity contribution < 1.29 is 24.9 Å². The predicted octanol–water partition coefficient (Wildman–Crippen LogP) is 2.22. The molecular formula is C16H14O5. The summed E-state index contributed by atoms with van der Waals surface area (Å²) in [5.74, 6) is -2.79. The van der Waals surface area contributed by atoms with Crippen molar-refractivity contribution in [3.8, 4) is 17.2 Å². The van der Waals surface area contributed by atoms with Crippen molar-refractivity contribution in [3.63, 3.8) is 0 Å². The number of carbonyl (C=O) groups excluding carboxylic acids is 1. The van der Waals surface area contributed by atoms with Crippen LogP contribution in [0.2, 0.25) is 0 Å². The standard InChI is InChI=1S/C16H14O5/c1-9-11(17)7-13-14(15(9)19)12(18)8-16(20,21-13)10-5-3-2-4-6-10/h2-7,17,19-20H,8H2,1H3. The van der Waals surface area contributed by atoms with Gasteiger partial charge in [0.15, 0.2) is 5.78 Å². The summed E-state index contributed by atoms with van der Waals surface area (Å²) in [7, 11) is 0. The third-order valence-corrected chi connectivity index (χ3v) is 3.67. The van der Waals surface area contributed by atoms with Crippen LogP contribution in [0.4, 0.5) is 0 Å². The number of aromatic hydroxyl groups is 2. The maximum atomic E-state index is 12.3. The highest BCUT2D eigenvalue weighted by Crippen LogP contribution is 2.45. The minimum atomic E-state index is -1.81. The van der Waals surface area contributed by atoms with Gasteiger partial charge in [-0.1, -0.05) is 30.3 Å². The van der Waals surface area contributed by atoms with E-state index in [2.05, 4.69) is 0 Å². The van der Waals surface area contributed by atoms with E-state index in [9.17, 15) is 20.1 Å². The van der Waals surface area contributed by atoms with Crippen molar-refractivity contribution in [2.75, 3.05) is 0 Å². The lowest BCUT2D eigenvalue weighted by atomic mass is 9.91. The molecule has 0 aromatic heterocycles. The van der Waals surface area contributed by atoms with E-state index in [1.807, 2.05) is 0 Å². The van der Waals surface area contributed by atoms with Crippen LogP contribution >= 0.6 is 0 Å². The molecular weight excluding hydrogens is 272 g/mol. The smallest absolute Gasteiger partial charge is 0.242 e. The first-order valence-electron chi connectivity index (χ1n) is 6.48. The maximum Gasteiger partial charge on any atom is 0.242 e. The van der Waals surface area contributed by atoms with Crippen LogP contribution in [0.5, 0.6) is 17.2 Å². The Morgan fingerprint density at radius 1 is 1.19 bits per heavy atom. The molecule has 3 N–H and O–H groups in total. The minimum Gasteiger partial charge on any atom is -0.507 e. The van der Waals surface area contributed by atoms with E-state index in [1.165, 1.54) is 13.0 Å². The van der Waals surface area contributed by atoms with Crippen molar-refractivity contribution in [1.82, 2.24) is 0 Å². The Labute approximate surface area is 121 Å². The molecule has 2 aromatic carbocycles. The van der Waals surface area contributed by atoms with Gasteiger partial charge in [0.25, 0.3) is 0 Å². The van der Waals surface area contributed by atoms with Gasteiger partial charge in [-0.25, -0.2) is 0 Å². The van der Waals surface area contributed by atoms with Crippen LogP contribution in [-0.4, -0.2) is 21.1 Å². The lowest BCUT2D eigenvalue weighted by Gasteiger charge is -2.34. The highest BCUT2D eigenvalue weighted by molar-refractivity contribution is 6.03. The molecule has 21 heavy (non-hydrogen) atoms. The number of phenolic OH excluding ortho intramolecular Hbond substituents is 2. The van der Waals surface area contributed by atoms with Crippen LogP contribution in [0.25, 0.3) is 0 Å². The van der Waals surface area contributed by atoms with Gasteiger partial charge in [-0.15, -0.1) is 0 Å². The molecule has 0 aliphatic carbocycles. The van der Waals surface area contributed by atoms with Gasteiger partial charge in [0.05, 0.1) is 6.42 Å². The quantitative estimate of drug-likeness (QED) is 0.748. The minimum absolute atomic E-state index is 0.00842. The van der Waals surface area contributed by atoms with E-state index in [1.54, 1.807) is 30.3 Å². The number of hydrogen-bond acceptors (Lipinski definition) is 5. The molecule has 1 unspecified atom stereocenters. The van der Waals surface area contributed by atoms with E-state index >= 15 is 0 Å². The Bertz CT molecular complexity index is 723. The van der Waals surface area contributed by atoms with Crippen molar-refractivity contribution in [3.05, 3.63) is 53.1 Å². The Hall–Kier alpha value is -2.53. The number of rotatable bonds is 1. The third-order valence-electron chi connectivity index (χ3n) is 3.67. The van der Waals surface area contributed by atoms with Gasteiger partial charge < -0.3 is 20.1 Å². The fourth-order valence-electron chi connectivity index (χ4n) is 2.46. The number of hydrogen-bond donors (Lipinski definition) is 3. The average Bonchev–Trinajstić information content (AvgIpc) is 2.45. The van der Waals surface area contributed by atoms with Gasteiger partial charge in [0, 0.05) is 17.2 Å². The molecule has 0 spiro atoms. The Balaban J connectivity index is 2.14. The first-order valence-corrected chi connectivity index (χ1v) is 6.48. The topological polar surface area (TPSA) is 87.0 Å². The van der Waals surface area contributed by atoms with Gasteiger partial charge in [-0.05, 0) is 6.92 Å². The van der Waals surface area contributed by atoms with E-state index in [0.717, 1.165) is 0 Å². The molecule has 1 atom stereocenters. The summed E-state index contributed by atoms with van der Waals surface area (Å²) in [6.45, 7) is 1.50. The fourth-order valence-corrected chi connectivity index (χ4v) is 2.46. The zero-order valence-corrected chi connectivity index (χ0v) is 11.3. The summed E-state index contributed by atoms with van der Waals surface area (Å²) in [5, 5.41) is 30.3. The van der Waals surface area contributed by atoms with Crippen LogP contribution in [0, 0.1) is 6.92 Å². The summed E-state index contributed by atoms with van der Waals surface area (Å²) in [6.07, 6.45) is -0.304. The highest BCUT2D eigenvalue weighted by atomic mass is 16.6. The molecule has 1 aliphatic heterocycles. The maximum absolute atomic E-state index is 12.3. The molecule has 5 heteroatoms. The van der Waals surface area contributed by atoms with Gasteiger partial charge in [-0.3, -0.25) is 4.79 Å². The molecule has 0 saturated carbocycles. The zero-order valence-electron chi connectivity index (χ0n) is 11.3. The number of ketones is 1. The number of phenols is 2. The highest BCUT2D eigenvalue weighted by Gasteiger charge is 2.42. The number of benzene rings is 2. The van der Waals surface area contributed by atoms with Gasteiger partial charge in [0.2, 0.25) is 5.79 Å². The number of fused-ring (bicyclic) bond motifs is 1. The van der Waals surface area contributed by atoms with Crippen LogP contribution in [0.15, 0.2) is 36.4 Å². The SMILES string of the molecule is Cc1c(O)cc2c(c1O)C(=O)CC(O)(c1ccccc1)O2. The van der Waals surface area contributed by atoms with Crippen molar-refractivity contribution in [1.29, 1.82) is 0 Å². The number of Topliss-reactive ketones (excluding diaryl/α,β-unsaturated/α-hetero) is 1. The van der Waals surface area contributed by atoms with Crippen LogP contribution in [0.3, 0.4) is 0 Å². The molecule has 0 bridgehead atoms. The summed E-state index contributed by atoms with van der Waals surface area (Å²) < 4.78 is 5.51. The summed E-state index contributed by atoms with van der Waals surface area (Å²) in [5.41, 5.74) is 0.630. The lowest BCUT2D eigenvalue weighted by molar-refractivity contribution is -0.147. The molecule has 108 valence electrons. The molecule has 3 rings (SSSR count). The molecule has 0 fully saturated rings. The van der Waals surface area contributed by atoms with Crippen LogP contribution in [-0.2, 0) is 5.79 Å². The van der Waals surface area contributed by atoms with E-state index in [-0.39, 0.29) is 34.8 Å². The number of aliphatic hydroxyl groups is 1. The van der Waals surface area contributed by atoms with Crippen molar-refractivity contribution >= 4 is 5.78 Å². The van der Waals surface area contributed by atoms with E-state index in [0.29, 0.717) is 5.56 Å². The van der Waals surface area contributed by atoms with Crippen LogP contribution in [0.1, 0.15) is 27.9 Å². The van der Waals surface area contributed by atoms with Crippen LogP contribution < -0.4 is 4.74 Å². The van der Waals surface area contributed by atoms with Gasteiger partial charge >= 0.3 is 0 Å². The second-order valence-corrected chi connectivity index (χ2v) is 5.09. The van der Waals surface area contributed by atoms with E-state index < -0.39 is 11.6 Å². The average molecular weight is 286 g/mol. The largest absolute Gasteiger partial charge is 0.507 e. The fraction of sp³-hybridized carbons (Fsp3) is 0.188. The molecule has 0 amide bonds. The second kappa shape index (κ2) is 4.49. The van der Waals surface area contributed by atoms with Gasteiger partial charge in [-0.2, -0.15) is 0 Å². The Morgan fingerprint density at radius 3 is 2.52 bits per heavy atom.